The second-order valence-corrected chi connectivity index (χ2v) is 3.68. The van der Waals surface area contributed by atoms with Crippen molar-refractivity contribution in [3.8, 4) is 5.69 Å². The number of nitrogen functional groups attached to an aromatic ring is 1. The van der Waals surface area contributed by atoms with Crippen molar-refractivity contribution >= 4 is 17.7 Å². The summed E-state index contributed by atoms with van der Waals surface area (Å²) in [6.07, 6.45) is 5.61. The van der Waals surface area contributed by atoms with Gasteiger partial charge in [-0.2, -0.15) is 0 Å². The summed E-state index contributed by atoms with van der Waals surface area (Å²) in [5, 5.41) is 0. The van der Waals surface area contributed by atoms with E-state index in [4.69, 9.17) is 5.73 Å². The van der Waals surface area contributed by atoms with Gasteiger partial charge in [0.05, 0.1) is 5.69 Å². The Morgan fingerprint density at radius 1 is 1.36 bits per heavy atom. The maximum atomic E-state index is 5.74. The third-order valence-electron chi connectivity index (χ3n) is 2.01. The molecule has 0 spiro atoms. The SMILES string of the molecule is CSc1ccccc1-n1ccnc1N. The number of anilines is 1. The molecule has 4 heteroatoms. The molecule has 1 heterocycles. The van der Waals surface area contributed by atoms with Gasteiger partial charge < -0.3 is 5.73 Å². The Hall–Kier alpha value is -1.42. The molecule has 2 rings (SSSR count). The van der Waals surface area contributed by atoms with Crippen LogP contribution in [-0.2, 0) is 0 Å². The number of benzene rings is 1. The fraction of sp³-hybridized carbons (Fsp3) is 0.100. The number of nitrogens with zero attached hydrogens (tertiary/aromatic N) is 2. The number of imidazole rings is 1. The molecule has 72 valence electrons. The summed E-state index contributed by atoms with van der Waals surface area (Å²) in [5.74, 6) is 0.520. The normalized spacial score (nSPS) is 10.4. The number of rotatable bonds is 2. The standard InChI is InChI=1S/C10H11N3S/c1-14-9-5-3-2-4-8(9)13-7-6-12-10(13)11/h2-7H,1H3,(H2,11,12). The van der Waals surface area contributed by atoms with Crippen LogP contribution in [0.15, 0.2) is 41.6 Å². The highest BCUT2D eigenvalue weighted by Crippen LogP contribution is 2.24. The second kappa shape index (κ2) is 3.75. The van der Waals surface area contributed by atoms with Crippen LogP contribution in [0, 0.1) is 0 Å². The van der Waals surface area contributed by atoms with Crippen LogP contribution < -0.4 is 5.73 Å². The van der Waals surface area contributed by atoms with E-state index in [2.05, 4.69) is 11.1 Å². The highest BCUT2D eigenvalue weighted by atomic mass is 32.2. The summed E-state index contributed by atoms with van der Waals surface area (Å²) in [7, 11) is 0. The van der Waals surface area contributed by atoms with Crippen molar-refractivity contribution in [1.82, 2.24) is 9.55 Å². The third-order valence-corrected chi connectivity index (χ3v) is 2.80. The Labute approximate surface area is 87.0 Å². The minimum atomic E-state index is 0.520. The molecule has 3 nitrogen and oxygen atoms in total. The Balaban J connectivity index is 2.56. The van der Waals surface area contributed by atoms with Crippen LogP contribution in [-0.4, -0.2) is 15.8 Å². The van der Waals surface area contributed by atoms with Gasteiger partial charge in [0.25, 0.3) is 0 Å². The molecule has 14 heavy (non-hydrogen) atoms. The van der Waals surface area contributed by atoms with Gasteiger partial charge in [0.1, 0.15) is 0 Å². The molecule has 0 atom stereocenters. The zero-order valence-electron chi connectivity index (χ0n) is 7.84. The van der Waals surface area contributed by atoms with E-state index in [1.807, 2.05) is 35.2 Å². The van der Waals surface area contributed by atoms with E-state index >= 15 is 0 Å². The fourth-order valence-corrected chi connectivity index (χ4v) is 1.94. The van der Waals surface area contributed by atoms with Gasteiger partial charge in [0.15, 0.2) is 0 Å². The van der Waals surface area contributed by atoms with E-state index in [0.717, 1.165) is 5.69 Å². The summed E-state index contributed by atoms with van der Waals surface area (Å²) < 4.78 is 1.88. The molecule has 1 aromatic carbocycles. The predicted molar refractivity (Wildman–Crippen MR) is 59.8 cm³/mol. The average Bonchev–Trinajstić information content (AvgIpc) is 2.64. The number of para-hydroxylation sites is 1. The number of aromatic nitrogens is 2. The number of hydrogen-bond donors (Lipinski definition) is 1. The lowest BCUT2D eigenvalue weighted by molar-refractivity contribution is 1.04. The van der Waals surface area contributed by atoms with Crippen LogP contribution in [0.4, 0.5) is 5.95 Å². The summed E-state index contributed by atoms with van der Waals surface area (Å²) in [5.41, 5.74) is 6.82. The van der Waals surface area contributed by atoms with Gasteiger partial charge in [0.2, 0.25) is 5.95 Å². The Bertz CT molecular complexity index is 436. The molecule has 0 amide bonds. The summed E-state index contributed by atoms with van der Waals surface area (Å²) in [6.45, 7) is 0. The van der Waals surface area contributed by atoms with Crippen molar-refractivity contribution < 1.29 is 0 Å². The average molecular weight is 205 g/mol. The summed E-state index contributed by atoms with van der Waals surface area (Å²) in [6, 6.07) is 8.11. The van der Waals surface area contributed by atoms with E-state index < -0.39 is 0 Å². The highest BCUT2D eigenvalue weighted by molar-refractivity contribution is 7.98. The first-order chi connectivity index (χ1) is 6.83. The molecule has 0 fully saturated rings. The van der Waals surface area contributed by atoms with Crippen LogP contribution in [0.1, 0.15) is 0 Å². The first kappa shape index (κ1) is 9.15. The number of hydrogen-bond acceptors (Lipinski definition) is 3. The summed E-state index contributed by atoms with van der Waals surface area (Å²) >= 11 is 1.70. The van der Waals surface area contributed by atoms with Crippen molar-refractivity contribution in [1.29, 1.82) is 0 Å². The molecule has 0 aliphatic heterocycles. The Morgan fingerprint density at radius 2 is 2.14 bits per heavy atom. The minimum Gasteiger partial charge on any atom is -0.369 e. The summed E-state index contributed by atoms with van der Waals surface area (Å²) in [4.78, 5) is 5.19. The molecule has 0 radical (unpaired) electrons. The Kier molecular flexibility index (Phi) is 2.45. The largest absolute Gasteiger partial charge is 0.369 e. The van der Waals surface area contributed by atoms with Gasteiger partial charge >= 0.3 is 0 Å². The third kappa shape index (κ3) is 1.48. The van der Waals surface area contributed by atoms with Crippen LogP contribution in [0.25, 0.3) is 5.69 Å². The van der Waals surface area contributed by atoms with Crippen LogP contribution in [0.2, 0.25) is 0 Å². The molecule has 0 saturated carbocycles. The first-order valence-corrected chi connectivity index (χ1v) is 5.47. The fourth-order valence-electron chi connectivity index (χ4n) is 1.35. The van der Waals surface area contributed by atoms with Gasteiger partial charge in [-0.05, 0) is 18.4 Å². The van der Waals surface area contributed by atoms with E-state index in [1.54, 1.807) is 18.0 Å². The van der Waals surface area contributed by atoms with Crippen LogP contribution in [0.5, 0.6) is 0 Å². The van der Waals surface area contributed by atoms with Gasteiger partial charge in [-0.1, -0.05) is 12.1 Å². The molecule has 0 unspecified atom stereocenters. The van der Waals surface area contributed by atoms with E-state index in [1.165, 1.54) is 4.90 Å². The van der Waals surface area contributed by atoms with E-state index in [9.17, 15) is 0 Å². The zero-order chi connectivity index (χ0) is 9.97. The molecule has 0 aliphatic carbocycles. The smallest absolute Gasteiger partial charge is 0.204 e. The lowest BCUT2D eigenvalue weighted by Crippen LogP contribution is -2.00. The molecular formula is C10H11N3S. The van der Waals surface area contributed by atoms with Crippen molar-refractivity contribution in [2.45, 2.75) is 4.90 Å². The maximum absolute atomic E-state index is 5.74. The molecule has 2 N–H and O–H groups in total. The van der Waals surface area contributed by atoms with Gasteiger partial charge in [-0.15, -0.1) is 11.8 Å². The van der Waals surface area contributed by atoms with Gasteiger partial charge in [0, 0.05) is 17.3 Å². The Morgan fingerprint density at radius 3 is 2.79 bits per heavy atom. The van der Waals surface area contributed by atoms with Crippen molar-refractivity contribution in [3.05, 3.63) is 36.7 Å². The molecule has 1 aromatic heterocycles. The van der Waals surface area contributed by atoms with Crippen LogP contribution >= 0.6 is 11.8 Å². The number of nitrogens with two attached hydrogens (primary N) is 1. The molecule has 0 aliphatic rings. The maximum Gasteiger partial charge on any atom is 0.204 e. The molecular weight excluding hydrogens is 194 g/mol. The topological polar surface area (TPSA) is 43.8 Å². The monoisotopic (exact) mass is 205 g/mol. The van der Waals surface area contributed by atoms with Crippen molar-refractivity contribution in [2.24, 2.45) is 0 Å². The second-order valence-electron chi connectivity index (χ2n) is 2.83. The van der Waals surface area contributed by atoms with Crippen molar-refractivity contribution in [3.63, 3.8) is 0 Å². The molecule has 0 bridgehead atoms. The van der Waals surface area contributed by atoms with Gasteiger partial charge in [-0.3, -0.25) is 4.57 Å². The lowest BCUT2D eigenvalue weighted by atomic mass is 10.3. The lowest BCUT2D eigenvalue weighted by Gasteiger charge is -2.08. The predicted octanol–water partition coefficient (Wildman–Crippen LogP) is 2.18. The number of thioether (sulfide) groups is 1. The van der Waals surface area contributed by atoms with E-state index in [-0.39, 0.29) is 0 Å². The zero-order valence-corrected chi connectivity index (χ0v) is 8.66. The quantitative estimate of drug-likeness (QED) is 0.764. The molecule has 0 saturated heterocycles. The van der Waals surface area contributed by atoms with Gasteiger partial charge in [-0.25, -0.2) is 4.98 Å². The van der Waals surface area contributed by atoms with Crippen LogP contribution in [0.3, 0.4) is 0 Å². The van der Waals surface area contributed by atoms with E-state index in [0.29, 0.717) is 5.95 Å². The minimum absolute atomic E-state index is 0.520. The first-order valence-electron chi connectivity index (χ1n) is 4.25. The van der Waals surface area contributed by atoms with Crippen molar-refractivity contribution in [2.75, 3.05) is 12.0 Å². The molecule has 2 aromatic rings. The highest BCUT2D eigenvalue weighted by Gasteiger charge is 2.04.